The monoisotopic (exact) mass is 338 g/mol. The zero-order valence-corrected chi connectivity index (χ0v) is 13.7. The Morgan fingerprint density at radius 3 is 2.79 bits per heavy atom. The number of nitrogens with one attached hydrogen (secondary N) is 1. The van der Waals surface area contributed by atoms with E-state index in [2.05, 4.69) is 15.3 Å². The van der Waals surface area contributed by atoms with Gasteiger partial charge < -0.3 is 9.47 Å². The Bertz CT molecular complexity index is 973. The van der Waals surface area contributed by atoms with E-state index in [1.807, 2.05) is 49.4 Å². The van der Waals surface area contributed by atoms with Gasteiger partial charge in [-0.2, -0.15) is 14.9 Å². The molecular weight excluding hydrogens is 324 g/mol. The number of benzene rings is 2. The highest BCUT2D eigenvalue weighted by atomic mass is 32.1. The minimum absolute atomic E-state index is 0.250. The van der Waals surface area contributed by atoms with Crippen LogP contribution < -0.4 is 9.47 Å². The number of H-pyrrole nitrogens is 1. The Morgan fingerprint density at radius 1 is 1.17 bits per heavy atom. The maximum absolute atomic E-state index is 5.37. The maximum Gasteiger partial charge on any atom is 0.231 e. The van der Waals surface area contributed by atoms with Gasteiger partial charge in [0.15, 0.2) is 17.3 Å². The number of ether oxygens (including phenoxy) is 2. The second-order valence-corrected chi connectivity index (χ2v) is 5.77. The average molecular weight is 338 g/mol. The summed E-state index contributed by atoms with van der Waals surface area (Å²) < 4.78 is 12.7. The molecule has 1 aliphatic heterocycles. The Labute approximate surface area is 143 Å². The molecule has 2 heterocycles. The molecule has 4 rings (SSSR count). The van der Waals surface area contributed by atoms with E-state index in [0.29, 0.717) is 16.3 Å². The van der Waals surface area contributed by atoms with Gasteiger partial charge in [-0.1, -0.05) is 29.8 Å². The molecule has 0 bridgehead atoms. The fourth-order valence-electron chi connectivity index (χ4n) is 2.41. The lowest BCUT2D eigenvalue weighted by molar-refractivity contribution is 0.174. The van der Waals surface area contributed by atoms with Gasteiger partial charge in [-0.15, -0.1) is 0 Å². The van der Waals surface area contributed by atoms with E-state index in [9.17, 15) is 0 Å². The predicted molar refractivity (Wildman–Crippen MR) is 93.1 cm³/mol. The highest BCUT2D eigenvalue weighted by molar-refractivity contribution is 7.71. The largest absolute Gasteiger partial charge is 0.454 e. The second-order valence-electron chi connectivity index (χ2n) is 5.39. The van der Waals surface area contributed by atoms with Crippen molar-refractivity contribution in [1.29, 1.82) is 0 Å². The van der Waals surface area contributed by atoms with Crippen molar-refractivity contribution < 1.29 is 9.47 Å². The predicted octanol–water partition coefficient (Wildman–Crippen LogP) is 3.53. The van der Waals surface area contributed by atoms with Gasteiger partial charge in [0.05, 0.1) is 6.21 Å². The first-order chi connectivity index (χ1) is 11.7. The smallest absolute Gasteiger partial charge is 0.231 e. The van der Waals surface area contributed by atoms with Crippen LogP contribution in [0.3, 0.4) is 0 Å². The van der Waals surface area contributed by atoms with Crippen molar-refractivity contribution >= 4 is 18.4 Å². The minimum Gasteiger partial charge on any atom is -0.454 e. The highest BCUT2D eigenvalue weighted by Crippen LogP contribution is 2.32. The van der Waals surface area contributed by atoms with Crippen LogP contribution in [0.25, 0.3) is 11.4 Å². The third-order valence-electron chi connectivity index (χ3n) is 3.68. The van der Waals surface area contributed by atoms with Gasteiger partial charge in [-0.25, -0.2) is 5.10 Å². The van der Waals surface area contributed by atoms with E-state index in [1.165, 1.54) is 5.56 Å². The number of aromatic amines is 1. The van der Waals surface area contributed by atoms with Crippen molar-refractivity contribution in [2.24, 2.45) is 5.10 Å². The number of hydrogen-bond acceptors (Lipinski definition) is 5. The van der Waals surface area contributed by atoms with Crippen molar-refractivity contribution in [1.82, 2.24) is 14.9 Å². The van der Waals surface area contributed by atoms with Gasteiger partial charge >= 0.3 is 0 Å². The average Bonchev–Trinajstić information content (AvgIpc) is 3.20. The van der Waals surface area contributed by atoms with Crippen molar-refractivity contribution in [3.05, 3.63) is 58.4 Å². The molecule has 0 spiro atoms. The van der Waals surface area contributed by atoms with E-state index in [0.717, 1.165) is 16.9 Å². The fraction of sp³-hybridized carbons (Fsp3) is 0.118. The van der Waals surface area contributed by atoms with Crippen molar-refractivity contribution in [3.63, 3.8) is 0 Å². The van der Waals surface area contributed by atoms with E-state index in [4.69, 9.17) is 21.7 Å². The van der Waals surface area contributed by atoms with Crippen LogP contribution in [0.1, 0.15) is 11.1 Å². The van der Waals surface area contributed by atoms with Crippen LogP contribution in [0.5, 0.6) is 11.5 Å². The first-order valence-electron chi connectivity index (χ1n) is 7.39. The van der Waals surface area contributed by atoms with Crippen LogP contribution in [0.2, 0.25) is 0 Å². The van der Waals surface area contributed by atoms with Crippen molar-refractivity contribution in [3.8, 4) is 22.9 Å². The normalized spacial score (nSPS) is 12.9. The fourth-order valence-corrected chi connectivity index (χ4v) is 2.59. The molecule has 0 unspecified atom stereocenters. The molecule has 0 atom stereocenters. The number of fused-ring (bicyclic) bond motifs is 1. The van der Waals surface area contributed by atoms with Gasteiger partial charge in [0.2, 0.25) is 11.6 Å². The van der Waals surface area contributed by atoms with Crippen LogP contribution in [-0.2, 0) is 0 Å². The topological polar surface area (TPSA) is 64.4 Å². The quantitative estimate of drug-likeness (QED) is 0.586. The Morgan fingerprint density at radius 2 is 1.96 bits per heavy atom. The summed E-state index contributed by atoms with van der Waals surface area (Å²) in [4.78, 5) is 0. The van der Waals surface area contributed by atoms with Crippen molar-refractivity contribution in [2.75, 3.05) is 6.79 Å². The van der Waals surface area contributed by atoms with Crippen molar-refractivity contribution in [2.45, 2.75) is 6.92 Å². The van der Waals surface area contributed by atoms with Gasteiger partial charge in [-0.3, -0.25) is 0 Å². The lowest BCUT2D eigenvalue weighted by Crippen LogP contribution is -1.95. The van der Waals surface area contributed by atoms with Gasteiger partial charge in [0, 0.05) is 5.56 Å². The molecule has 7 heteroatoms. The summed E-state index contributed by atoms with van der Waals surface area (Å²) in [5.41, 5.74) is 3.01. The Balaban J connectivity index is 1.68. The summed E-state index contributed by atoms with van der Waals surface area (Å²) in [6.45, 7) is 2.29. The summed E-state index contributed by atoms with van der Waals surface area (Å²) in [5.74, 6) is 2.12. The zero-order chi connectivity index (χ0) is 16.5. The molecule has 120 valence electrons. The number of nitrogens with zero attached hydrogens (tertiary/aromatic N) is 3. The Hall–Kier alpha value is -2.93. The second kappa shape index (κ2) is 5.93. The molecule has 3 aromatic rings. The Kier molecular flexibility index (Phi) is 3.62. The van der Waals surface area contributed by atoms with Gasteiger partial charge in [0.1, 0.15) is 0 Å². The molecule has 0 fully saturated rings. The molecule has 0 amide bonds. The molecular formula is C17H14N4O2S. The molecule has 1 aromatic heterocycles. The summed E-state index contributed by atoms with van der Waals surface area (Å²) in [6, 6.07) is 13.7. The summed E-state index contributed by atoms with van der Waals surface area (Å²) in [7, 11) is 0. The lowest BCUT2D eigenvalue weighted by atomic mass is 10.1. The molecule has 0 saturated heterocycles. The summed E-state index contributed by atoms with van der Waals surface area (Å²) >= 11 is 5.28. The molecule has 0 aliphatic carbocycles. The van der Waals surface area contributed by atoms with Crippen LogP contribution in [0.4, 0.5) is 0 Å². The zero-order valence-electron chi connectivity index (χ0n) is 12.9. The first-order valence-corrected chi connectivity index (χ1v) is 7.80. The molecule has 0 saturated carbocycles. The SMILES string of the molecule is Cc1ccc(-c2n[nH]c(=S)n2/N=C\c2ccc3c(c2)OCO3)cc1. The van der Waals surface area contributed by atoms with E-state index in [1.54, 1.807) is 10.9 Å². The minimum atomic E-state index is 0.250. The van der Waals surface area contributed by atoms with E-state index >= 15 is 0 Å². The molecule has 0 radical (unpaired) electrons. The summed E-state index contributed by atoms with van der Waals surface area (Å²) in [6.07, 6.45) is 1.71. The molecule has 1 aliphatic rings. The number of aromatic nitrogens is 3. The maximum atomic E-state index is 5.37. The van der Waals surface area contributed by atoms with E-state index < -0.39 is 0 Å². The van der Waals surface area contributed by atoms with Crippen LogP contribution in [0.15, 0.2) is 47.6 Å². The lowest BCUT2D eigenvalue weighted by Gasteiger charge is -2.02. The summed E-state index contributed by atoms with van der Waals surface area (Å²) in [5, 5.41) is 11.5. The van der Waals surface area contributed by atoms with Crippen LogP contribution in [0, 0.1) is 11.7 Å². The highest BCUT2D eigenvalue weighted by Gasteiger charge is 2.13. The molecule has 1 N–H and O–H groups in total. The van der Waals surface area contributed by atoms with Crippen LogP contribution in [-0.4, -0.2) is 27.9 Å². The molecule has 24 heavy (non-hydrogen) atoms. The molecule has 6 nitrogen and oxygen atoms in total. The standard InChI is InChI=1S/C17H14N4O2S/c1-11-2-5-13(6-3-11)16-19-20-17(24)21(16)18-9-12-4-7-14-15(8-12)23-10-22-14/h2-9H,10H2,1H3,(H,20,24)/b18-9-. The van der Waals surface area contributed by atoms with Gasteiger partial charge in [-0.05, 0) is 42.9 Å². The van der Waals surface area contributed by atoms with Crippen LogP contribution >= 0.6 is 12.2 Å². The molecule has 2 aromatic carbocycles. The third kappa shape index (κ3) is 2.69. The first kappa shape index (κ1) is 14.6. The number of aryl methyl sites for hydroxylation is 1. The van der Waals surface area contributed by atoms with Gasteiger partial charge in [0.25, 0.3) is 0 Å². The number of hydrogen-bond donors (Lipinski definition) is 1. The number of rotatable bonds is 3. The third-order valence-corrected chi connectivity index (χ3v) is 3.94. The van der Waals surface area contributed by atoms with E-state index in [-0.39, 0.29) is 6.79 Å².